The standard InChI is InChI=1S/C31H32N2O6/c1-22-17-33(31(35)32-29(22)34)30-28(38-20-25-15-9-4-10-16-25)27(37-19-24-13-7-3-8-14-24)26(39-30)21-36-18-23-11-5-2-6-12-23/h2-17,26-28,30H,18-21H2,1H3,(H,32,34,35)/t26-,27-,28+,30-/m0/s1. The number of benzene rings is 3. The van der Waals surface area contributed by atoms with E-state index >= 15 is 0 Å². The van der Waals surface area contributed by atoms with Crippen LogP contribution < -0.4 is 11.2 Å². The Morgan fingerprint density at radius 3 is 1.82 bits per heavy atom. The Labute approximate surface area is 226 Å². The highest BCUT2D eigenvalue weighted by Gasteiger charge is 2.48. The second-order valence-corrected chi connectivity index (χ2v) is 9.57. The zero-order chi connectivity index (χ0) is 27.0. The molecule has 1 aliphatic rings. The zero-order valence-corrected chi connectivity index (χ0v) is 21.8. The molecular formula is C31H32N2O6. The topological polar surface area (TPSA) is 91.8 Å². The lowest BCUT2D eigenvalue weighted by Gasteiger charge is -2.25. The van der Waals surface area contributed by atoms with Crippen LogP contribution in [0.1, 0.15) is 28.5 Å². The third kappa shape index (κ3) is 6.79. The van der Waals surface area contributed by atoms with E-state index in [-0.39, 0.29) is 6.61 Å². The summed E-state index contributed by atoms with van der Waals surface area (Å²) in [5, 5.41) is 0. The van der Waals surface area contributed by atoms with Gasteiger partial charge in [0.05, 0.1) is 26.4 Å². The molecule has 0 amide bonds. The van der Waals surface area contributed by atoms with Gasteiger partial charge in [0.15, 0.2) is 6.23 Å². The first-order valence-corrected chi connectivity index (χ1v) is 13.0. The molecule has 202 valence electrons. The number of nitrogens with one attached hydrogen (secondary N) is 1. The Morgan fingerprint density at radius 2 is 1.26 bits per heavy atom. The Morgan fingerprint density at radius 1 is 0.744 bits per heavy atom. The van der Waals surface area contributed by atoms with Crippen LogP contribution in [0.2, 0.25) is 0 Å². The number of aromatic nitrogens is 2. The second kappa shape index (κ2) is 12.8. The van der Waals surface area contributed by atoms with Gasteiger partial charge in [0.1, 0.15) is 18.3 Å². The van der Waals surface area contributed by atoms with Gasteiger partial charge >= 0.3 is 5.69 Å². The van der Waals surface area contributed by atoms with Crippen LogP contribution in [0.25, 0.3) is 0 Å². The Bertz CT molecular complexity index is 1440. The predicted octanol–water partition coefficient (Wildman–Crippen LogP) is 4.13. The maximum absolute atomic E-state index is 12.9. The first kappa shape index (κ1) is 26.8. The van der Waals surface area contributed by atoms with Gasteiger partial charge < -0.3 is 18.9 Å². The molecule has 8 nitrogen and oxygen atoms in total. The quantitative estimate of drug-likeness (QED) is 0.315. The molecule has 1 fully saturated rings. The number of aryl methyl sites for hydroxylation is 1. The van der Waals surface area contributed by atoms with E-state index in [1.807, 2.05) is 91.0 Å². The number of aromatic amines is 1. The smallest absolute Gasteiger partial charge is 0.330 e. The lowest BCUT2D eigenvalue weighted by molar-refractivity contribution is -0.0921. The fraction of sp³-hybridized carbons (Fsp3) is 0.290. The third-order valence-corrected chi connectivity index (χ3v) is 6.67. The van der Waals surface area contributed by atoms with Gasteiger partial charge in [0, 0.05) is 11.8 Å². The summed E-state index contributed by atoms with van der Waals surface area (Å²) in [5.74, 6) is 0. The lowest BCUT2D eigenvalue weighted by atomic mass is 10.1. The van der Waals surface area contributed by atoms with Gasteiger partial charge in [0.25, 0.3) is 5.56 Å². The Kier molecular flexibility index (Phi) is 8.80. The Hall–Kier alpha value is -3.82. The molecule has 0 radical (unpaired) electrons. The van der Waals surface area contributed by atoms with Crippen LogP contribution in [0.4, 0.5) is 0 Å². The molecule has 2 heterocycles. The van der Waals surface area contributed by atoms with Crippen LogP contribution in [-0.2, 0) is 38.8 Å². The molecule has 4 atom stereocenters. The molecule has 5 rings (SSSR count). The van der Waals surface area contributed by atoms with Crippen molar-refractivity contribution in [2.24, 2.45) is 0 Å². The molecule has 1 aromatic heterocycles. The molecule has 0 unspecified atom stereocenters. The van der Waals surface area contributed by atoms with E-state index in [1.54, 1.807) is 6.92 Å². The minimum atomic E-state index is -0.831. The van der Waals surface area contributed by atoms with Crippen molar-refractivity contribution in [3.8, 4) is 0 Å². The molecule has 3 aromatic carbocycles. The number of hydrogen-bond acceptors (Lipinski definition) is 6. The number of ether oxygens (including phenoxy) is 4. The highest BCUT2D eigenvalue weighted by molar-refractivity contribution is 5.15. The summed E-state index contributed by atoms with van der Waals surface area (Å²) in [6, 6.07) is 29.5. The van der Waals surface area contributed by atoms with Crippen LogP contribution in [0.3, 0.4) is 0 Å². The third-order valence-electron chi connectivity index (χ3n) is 6.67. The van der Waals surface area contributed by atoms with Crippen molar-refractivity contribution in [1.29, 1.82) is 0 Å². The molecule has 0 bridgehead atoms. The molecule has 39 heavy (non-hydrogen) atoms. The highest BCUT2D eigenvalue weighted by atomic mass is 16.6. The minimum Gasteiger partial charge on any atom is -0.374 e. The molecule has 1 aliphatic heterocycles. The summed E-state index contributed by atoms with van der Waals surface area (Å²) in [6.45, 7) is 2.91. The van der Waals surface area contributed by atoms with E-state index < -0.39 is 35.8 Å². The van der Waals surface area contributed by atoms with E-state index in [1.165, 1.54) is 10.8 Å². The van der Waals surface area contributed by atoms with Gasteiger partial charge in [-0.1, -0.05) is 91.0 Å². The van der Waals surface area contributed by atoms with Gasteiger partial charge in [0.2, 0.25) is 0 Å². The van der Waals surface area contributed by atoms with Crippen LogP contribution in [0, 0.1) is 6.92 Å². The van der Waals surface area contributed by atoms with Crippen molar-refractivity contribution in [2.45, 2.75) is 51.3 Å². The van der Waals surface area contributed by atoms with Gasteiger partial charge in [-0.2, -0.15) is 0 Å². The summed E-state index contributed by atoms with van der Waals surface area (Å²) in [7, 11) is 0. The number of nitrogens with zero attached hydrogens (tertiary/aromatic N) is 1. The monoisotopic (exact) mass is 528 g/mol. The van der Waals surface area contributed by atoms with Gasteiger partial charge in [-0.15, -0.1) is 0 Å². The van der Waals surface area contributed by atoms with Gasteiger partial charge in [-0.3, -0.25) is 14.3 Å². The molecular weight excluding hydrogens is 496 g/mol. The van der Waals surface area contributed by atoms with Crippen LogP contribution in [-0.4, -0.2) is 34.5 Å². The van der Waals surface area contributed by atoms with Crippen molar-refractivity contribution < 1.29 is 18.9 Å². The largest absolute Gasteiger partial charge is 0.374 e. The number of hydrogen-bond donors (Lipinski definition) is 1. The van der Waals surface area contributed by atoms with E-state index in [9.17, 15) is 9.59 Å². The lowest BCUT2D eigenvalue weighted by Crippen LogP contribution is -2.41. The molecule has 4 aromatic rings. The molecule has 8 heteroatoms. The average molecular weight is 529 g/mol. The first-order valence-electron chi connectivity index (χ1n) is 13.0. The molecule has 0 aliphatic carbocycles. The summed E-state index contributed by atoms with van der Waals surface area (Å²) in [4.78, 5) is 27.3. The summed E-state index contributed by atoms with van der Waals surface area (Å²) >= 11 is 0. The maximum atomic E-state index is 12.9. The number of rotatable bonds is 11. The molecule has 1 saturated heterocycles. The molecule has 1 N–H and O–H groups in total. The number of H-pyrrole nitrogens is 1. The van der Waals surface area contributed by atoms with Crippen molar-refractivity contribution in [3.05, 3.63) is 140 Å². The summed E-state index contributed by atoms with van der Waals surface area (Å²) < 4.78 is 26.7. The minimum absolute atomic E-state index is 0.229. The molecule has 0 saturated carbocycles. The first-order chi connectivity index (χ1) is 19.1. The van der Waals surface area contributed by atoms with Gasteiger partial charge in [-0.05, 0) is 23.6 Å². The van der Waals surface area contributed by atoms with E-state index in [4.69, 9.17) is 18.9 Å². The van der Waals surface area contributed by atoms with Crippen molar-refractivity contribution in [2.75, 3.05) is 6.61 Å². The second-order valence-electron chi connectivity index (χ2n) is 9.57. The van der Waals surface area contributed by atoms with Crippen molar-refractivity contribution in [1.82, 2.24) is 9.55 Å². The SMILES string of the molecule is Cc1cn([C@H]2O[C@@H](COCc3ccccc3)[C@H](OCc3ccccc3)[C@H]2OCc2ccccc2)c(=O)[nH]c1=O. The summed E-state index contributed by atoms with van der Waals surface area (Å²) in [5.41, 5.74) is 2.41. The van der Waals surface area contributed by atoms with Gasteiger partial charge in [-0.25, -0.2) is 4.79 Å². The fourth-order valence-corrected chi connectivity index (χ4v) is 4.62. The maximum Gasteiger partial charge on any atom is 0.330 e. The molecule has 0 spiro atoms. The van der Waals surface area contributed by atoms with Crippen molar-refractivity contribution >= 4 is 0 Å². The van der Waals surface area contributed by atoms with E-state index in [0.717, 1.165) is 16.7 Å². The van der Waals surface area contributed by atoms with Crippen LogP contribution in [0.5, 0.6) is 0 Å². The zero-order valence-electron chi connectivity index (χ0n) is 21.8. The van der Waals surface area contributed by atoms with Crippen LogP contribution in [0.15, 0.2) is 107 Å². The van der Waals surface area contributed by atoms with E-state index in [2.05, 4.69) is 4.98 Å². The van der Waals surface area contributed by atoms with Crippen LogP contribution >= 0.6 is 0 Å². The average Bonchev–Trinajstić information content (AvgIpc) is 3.31. The Balaban J connectivity index is 1.43. The fourth-order valence-electron chi connectivity index (χ4n) is 4.62. The highest BCUT2D eigenvalue weighted by Crippen LogP contribution is 2.34. The summed E-state index contributed by atoms with van der Waals surface area (Å²) in [6.07, 6.45) is -1.05. The van der Waals surface area contributed by atoms with Crippen molar-refractivity contribution in [3.63, 3.8) is 0 Å². The predicted molar refractivity (Wildman–Crippen MR) is 146 cm³/mol. The van der Waals surface area contributed by atoms with E-state index in [0.29, 0.717) is 25.4 Å². The normalized spacial score (nSPS) is 20.7.